The number of aliphatic hydroxyl groups excluding tert-OH is 1. The second kappa shape index (κ2) is 8.90. The van der Waals surface area contributed by atoms with Gasteiger partial charge in [-0.3, -0.25) is 19.3 Å². The van der Waals surface area contributed by atoms with Crippen molar-refractivity contribution in [3.63, 3.8) is 0 Å². The highest BCUT2D eigenvalue weighted by molar-refractivity contribution is 6.50. The second-order valence-corrected chi connectivity index (χ2v) is 8.92. The average Bonchev–Trinajstić information content (AvgIpc) is 3.23. The van der Waals surface area contributed by atoms with Gasteiger partial charge in [-0.1, -0.05) is 18.2 Å². The second-order valence-electron chi connectivity index (χ2n) is 8.92. The van der Waals surface area contributed by atoms with E-state index in [0.29, 0.717) is 37.4 Å². The average molecular weight is 480 g/mol. The van der Waals surface area contributed by atoms with Gasteiger partial charge < -0.3 is 19.6 Å². The fourth-order valence-corrected chi connectivity index (χ4v) is 5.30. The predicted octanol–water partition coefficient (Wildman–Crippen LogP) is 2.10. The van der Waals surface area contributed by atoms with Crippen LogP contribution in [0.15, 0.2) is 54.1 Å². The number of anilines is 1. The molecule has 1 N–H and O–H groups in total. The molecule has 35 heavy (non-hydrogen) atoms. The van der Waals surface area contributed by atoms with Crippen LogP contribution in [0, 0.1) is 5.82 Å². The van der Waals surface area contributed by atoms with E-state index in [4.69, 9.17) is 4.74 Å². The van der Waals surface area contributed by atoms with Crippen LogP contribution in [0.2, 0.25) is 0 Å². The SMILES string of the molecule is CN1C(=O)C2(C(=C(O)c3ccc(F)cc3)C(=O)C(=O)N2CCCN2CCOCC2)c2ccccc21. The molecule has 2 fully saturated rings. The van der Waals surface area contributed by atoms with Crippen LogP contribution in [0.4, 0.5) is 10.1 Å². The monoisotopic (exact) mass is 479 g/mol. The molecule has 2 amide bonds. The number of carbonyl (C=O) groups is 3. The minimum absolute atomic E-state index is 0.149. The number of likely N-dealkylation sites (tertiary alicyclic amines) is 1. The van der Waals surface area contributed by atoms with Gasteiger partial charge in [0.05, 0.1) is 18.8 Å². The molecule has 5 rings (SSSR count). The summed E-state index contributed by atoms with van der Waals surface area (Å²) in [5.41, 5.74) is -0.910. The van der Waals surface area contributed by atoms with Crippen LogP contribution >= 0.6 is 0 Å². The predicted molar refractivity (Wildman–Crippen MR) is 126 cm³/mol. The van der Waals surface area contributed by atoms with Gasteiger partial charge in [-0.05, 0) is 36.8 Å². The molecule has 0 aromatic heterocycles. The third-order valence-corrected chi connectivity index (χ3v) is 7.02. The van der Waals surface area contributed by atoms with Crippen LogP contribution < -0.4 is 4.90 Å². The number of para-hydroxylation sites is 1. The Morgan fingerprint density at radius 2 is 1.71 bits per heavy atom. The van der Waals surface area contributed by atoms with Gasteiger partial charge in [0.1, 0.15) is 11.6 Å². The van der Waals surface area contributed by atoms with Gasteiger partial charge in [-0.15, -0.1) is 0 Å². The largest absolute Gasteiger partial charge is 0.507 e. The van der Waals surface area contributed by atoms with Gasteiger partial charge >= 0.3 is 0 Å². The topological polar surface area (TPSA) is 90.4 Å². The van der Waals surface area contributed by atoms with Gasteiger partial charge in [0.25, 0.3) is 17.6 Å². The number of morpholine rings is 1. The number of amides is 2. The lowest BCUT2D eigenvalue weighted by Crippen LogP contribution is -2.52. The van der Waals surface area contributed by atoms with Gasteiger partial charge in [0.2, 0.25) is 0 Å². The quantitative estimate of drug-likeness (QED) is 0.401. The number of ketones is 1. The molecule has 2 aromatic rings. The van der Waals surface area contributed by atoms with Crippen molar-refractivity contribution in [2.75, 3.05) is 51.3 Å². The number of hydrogen-bond donors (Lipinski definition) is 1. The van der Waals surface area contributed by atoms with Crippen molar-refractivity contribution in [2.24, 2.45) is 0 Å². The first-order chi connectivity index (χ1) is 16.9. The number of hydrogen-bond acceptors (Lipinski definition) is 6. The maximum Gasteiger partial charge on any atom is 0.296 e. The van der Waals surface area contributed by atoms with Crippen molar-refractivity contribution in [3.05, 3.63) is 71.0 Å². The number of halogens is 1. The van der Waals surface area contributed by atoms with E-state index in [1.807, 2.05) is 0 Å². The van der Waals surface area contributed by atoms with Crippen molar-refractivity contribution in [2.45, 2.75) is 12.0 Å². The number of ether oxygens (including phenoxy) is 1. The highest BCUT2D eigenvalue weighted by atomic mass is 19.1. The Hall–Kier alpha value is -3.56. The zero-order valence-corrected chi connectivity index (χ0v) is 19.4. The first-order valence-corrected chi connectivity index (χ1v) is 11.6. The van der Waals surface area contributed by atoms with Crippen LogP contribution in [0.1, 0.15) is 17.5 Å². The Bertz CT molecular complexity index is 1220. The van der Waals surface area contributed by atoms with Crippen LogP contribution in [0.25, 0.3) is 5.76 Å². The van der Waals surface area contributed by atoms with Crippen LogP contribution in [-0.2, 0) is 24.7 Å². The molecule has 0 radical (unpaired) electrons. The van der Waals surface area contributed by atoms with E-state index in [9.17, 15) is 23.9 Å². The van der Waals surface area contributed by atoms with Crippen LogP contribution in [0.5, 0.6) is 0 Å². The molecule has 182 valence electrons. The van der Waals surface area contributed by atoms with Gasteiger partial charge in [0, 0.05) is 50.0 Å². The molecule has 0 aliphatic carbocycles. The summed E-state index contributed by atoms with van der Waals surface area (Å²) in [6.45, 7) is 3.65. The summed E-state index contributed by atoms with van der Waals surface area (Å²) in [7, 11) is 1.58. The molecule has 2 aromatic carbocycles. The summed E-state index contributed by atoms with van der Waals surface area (Å²) in [4.78, 5) is 45.6. The molecule has 3 aliphatic rings. The maximum atomic E-state index is 13.9. The summed E-state index contributed by atoms with van der Waals surface area (Å²) in [5.74, 6) is -3.28. The molecule has 0 bridgehead atoms. The number of likely N-dealkylation sites (N-methyl/N-ethyl adjacent to an activating group) is 1. The third-order valence-electron chi connectivity index (χ3n) is 7.02. The smallest absolute Gasteiger partial charge is 0.296 e. The maximum absolute atomic E-state index is 13.9. The van der Waals surface area contributed by atoms with Gasteiger partial charge in [-0.25, -0.2) is 4.39 Å². The highest BCUT2D eigenvalue weighted by Crippen LogP contribution is 2.53. The molecule has 8 nitrogen and oxygen atoms in total. The van der Waals surface area contributed by atoms with Crippen molar-refractivity contribution >= 4 is 29.0 Å². The molecule has 0 saturated carbocycles. The molecule has 3 heterocycles. The molecular weight excluding hydrogens is 453 g/mol. The van der Waals surface area contributed by atoms with E-state index < -0.39 is 34.7 Å². The first kappa shape index (κ1) is 23.2. The molecule has 1 spiro atoms. The highest BCUT2D eigenvalue weighted by Gasteiger charge is 2.66. The number of benzene rings is 2. The molecule has 3 aliphatic heterocycles. The standard InChI is InChI=1S/C26H26FN3O5/c1-28-20-6-3-2-5-19(20)26(25(28)34)21(22(31)17-7-9-18(27)10-8-17)23(32)24(33)30(26)12-4-11-29-13-15-35-16-14-29/h2-3,5-10,31H,4,11-16H2,1H3. The summed E-state index contributed by atoms with van der Waals surface area (Å²) < 4.78 is 18.9. The first-order valence-electron chi connectivity index (χ1n) is 11.6. The van der Waals surface area contributed by atoms with Crippen LogP contribution in [-0.4, -0.2) is 78.9 Å². The van der Waals surface area contributed by atoms with Crippen molar-refractivity contribution in [1.29, 1.82) is 0 Å². The zero-order valence-electron chi connectivity index (χ0n) is 19.4. The van der Waals surface area contributed by atoms with E-state index >= 15 is 0 Å². The molecule has 2 saturated heterocycles. The van der Waals surface area contributed by atoms with E-state index in [2.05, 4.69) is 4.90 Å². The fourth-order valence-electron chi connectivity index (χ4n) is 5.30. The van der Waals surface area contributed by atoms with Crippen molar-refractivity contribution in [3.8, 4) is 0 Å². The van der Waals surface area contributed by atoms with Crippen LogP contribution in [0.3, 0.4) is 0 Å². The van der Waals surface area contributed by atoms with Crippen molar-refractivity contribution in [1.82, 2.24) is 9.80 Å². The summed E-state index contributed by atoms with van der Waals surface area (Å²) in [5, 5.41) is 11.3. The number of Topliss-reactive ketones (excluding diaryl/α,β-unsaturated/α-hetero) is 1. The normalized spacial score (nSPS) is 24.0. The molecular formula is C26H26FN3O5. The lowest BCUT2D eigenvalue weighted by atomic mass is 9.82. The Kier molecular flexibility index (Phi) is 5.90. The molecule has 9 heteroatoms. The zero-order chi connectivity index (χ0) is 24.7. The third kappa shape index (κ3) is 3.54. The number of nitrogens with zero attached hydrogens (tertiary/aromatic N) is 3. The number of fused-ring (bicyclic) bond motifs is 2. The Balaban J connectivity index is 1.63. The number of carbonyl (C=O) groups excluding carboxylic acids is 3. The van der Waals surface area contributed by atoms with E-state index in [0.717, 1.165) is 25.2 Å². The summed E-state index contributed by atoms with van der Waals surface area (Å²) >= 11 is 0. The van der Waals surface area contributed by atoms with Gasteiger partial charge in [-0.2, -0.15) is 0 Å². The summed E-state index contributed by atoms with van der Waals surface area (Å²) in [6, 6.07) is 11.9. The Labute approximate surface area is 202 Å². The van der Waals surface area contributed by atoms with E-state index in [-0.39, 0.29) is 17.7 Å². The minimum atomic E-state index is -1.79. The Morgan fingerprint density at radius 3 is 2.43 bits per heavy atom. The fraction of sp³-hybridized carbons (Fsp3) is 0.346. The Morgan fingerprint density at radius 1 is 1.03 bits per heavy atom. The number of rotatable bonds is 5. The lowest BCUT2D eigenvalue weighted by Gasteiger charge is -2.35. The van der Waals surface area contributed by atoms with Gasteiger partial charge in [0.15, 0.2) is 5.54 Å². The van der Waals surface area contributed by atoms with Crippen molar-refractivity contribution < 1.29 is 28.6 Å². The molecule has 1 atom stereocenters. The summed E-state index contributed by atoms with van der Waals surface area (Å²) in [6.07, 6.45) is 0.532. The van der Waals surface area contributed by atoms with E-state index in [1.54, 1.807) is 31.3 Å². The lowest BCUT2D eigenvalue weighted by molar-refractivity contribution is -0.143. The number of aliphatic hydroxyl groups is 1. The van der Waals surface area contributed by atoms with E-state index in [1.165, 1.54) is 21.9 Å². The minimum Gasteiger partial charge on any atom is -0.507 e. The molecule has 1 unspecified atom stereocenters.